The molecule has 0 spiro atoms. The lowest BCUT2D eigenvalue weighted by molar-refractivity contribution is -0.115. The van der Waals surface area contributed by atoms with Crippen molar-refractivity contribution in [3.63, 3.8) is 0 Å². The highest BCUT2D eigenvalue weighted by Crippen LogP contribution is 2.36. The van der Waals surface area contributed by atoms with Gasteiger partial charge in [0.2, 0.25) is 11.1 Å². The first-order valence-electron chi connectivity index (χ1n) is 10.4. The van der Waals surface area contributed by atoms with Crippen LogP contribution in [0.3, 0.4) is 0 Å². The van der Waals surface area contributed by atoms with Crippen LogP contribution in [0.1, 0.15) is 33.1 Å². The van der Waals surface area contributed by atoms with Crippen molar-refractivity contribution in [2.75, 3.05) is 5.32 Å². The monoisotopic (exact) mass is 443 g/mol. The molecule has 6 nitrogen and oxygen atoms in total. The van der Waals surface area contributed by atoms with Crippen LogP contribution in [-0.4, -0.2) is 26.1 Å². The number of hydrogen-bond acceptors (Lipinski definition) is 5. The predicted molar refractivity (Wildman–Crippen MR) is 128 cm³/mol. The second-order valence-corrected chi connectivity index (χ2v) is 8.95. The highest BCUT2D eigenvalue weighted by Gasteiger charge is 2.26. The molecule has 1 aromatic heterocycles. The Labute approximate surface area is 192 Å². The zero-order valence-corrected chi connectivity index (χ0v) is 19.4. The number of amides is 1. The first kappa shape index (κ1) is 21.8. The smallest absolute Gasteiger partial charge is 0.242 e. The van der Waals surface area contributed by atoms with Gasteiger partial charge in [0.25, 0.3) is 0 Å². The number of benzene rings is 3. The number of aryl methyl sites for hydroxylation is 4. The van der Waals surface area contributed by atoms with Crippen LogP contribution >= 0.6 is 11.8 Å². The van der Waals surface area contributed by atoms with Crippen molar-refractivity contribution in [3.8, 4) is 5.69 Å². The number of carbonyl (C=O) groups excluding carboxylic acids is 1. The van der Waals surface area contributed by atoms with E-state index in [1.54, 1.807) is 4.68 Å². The van der Waals surface area contributed by atoms with Gasteiger partial charge in [0.15, 0.2) is 0 Å². The van der Waals surface area contributed by atoms with Crippen molar-refractivity contribution >= 4 is 23.4 Å². The van der Waals surface area contributed by atoms with Crippen LogP contribution in [0.25, 0.3) is 5.69 Å². The standard InChI is InChI=1S/C25H25N5OS/c1-16-11-13-22(19(4)14-16)30-25(27-28-29-30)32-23(20-8-6-5-7-9-20)24(31)26-21-15-17(2)10-12-18(21)3/h5-15,23H,1-4H3,(H,26,31). The van der Waals surface area contributed by atoms with Gasteiger partial charge in [-0.15, -0.1) is 5.10 Å². The fourth-order valence-electron chi connectivity index (χ4n) is 3.52. The van der Waals surface area contributed by atoms with Gasteiger partial charge in [0.1, 0.15) is 5.25 Å². The SMILES string of the molecule is Cc1ccc(-n2nnnc2SC(C(=O)Nc2cc(C)ccc2C)c2ccccc2)c(C)c1. The van der Waals surface area contributed by atoms with Gasteiger partial charge >= 0.3 is 0 Å². The molecule has 0 fully saturated rings. The Hall–Kier alpha value is -3.45. The zero-order valence-electron chi connectivity index (χ0n) is 18.5. The van der Waals surface area contributed by atoms with Crippen LogP contribution in [0, 0.1) is 27.7 Å². The van der Waals surface area contributed by atoms with Crippen molar-refractivity contribution in [1.29, 1.82) is 0 Å². The summed E-state index contributed by atoms with van der Waals surface area (Å²) >= 11 is 1.34. The van der Waals surface area contributed by atoms with E-state index in [4.69, 9.17) is 0 Å². The highest BCUT2D eigenvalue weighted by molar-refractivity contribution is 8.00. The molecule has 0 radical (unpaired) electrons. The molecule has 1 heterocycles. The van der Waals surface area contributed by atoms with Gasteiger partial charge in [-0.3, -0.25) is 4.79 Å². The maximum absolute atomic E-state index is 13.5. The number of nitrogens with zero attached hydrogens (tertiary/aromatic N) is 4. The molecule has 32 heavy (non-hydrogen) atoms. The largest absolute Gasteiger partial charge is 0.325 e. The van der Waals surface area contributed by atoms with E-state index in [1.165, 1.54) is 17.3 Å². The van der Waals surface area contributed by atoms with Crippen LogP contribution in [-0.2, 0) is 4.79 Å². The third-order valence-electron chi connectivity index (χ3n) is 5.24. The minimum absolute atomic E-state index is 0.120. The summed E-state index contributed by atoms with van der Waals surface area (Å²) < 4.78 is 1.70. The minimum Gasteiger partial charge on any atom is -0.325 e. The number of tetrazole rings is 1. The van der Waals surface area contributed by atoms with E-state index in [1.807, 2.05) is 81.4 Å². The number of rotatable bonds is 6. The van der Waals surface area contributed by atoms with Crippen molar-refractivity contribution in [2.24, 2.45) is 0 Å². The number of aromatic nitrogens is 4. The lowest BCUT2D eigenvalue weighted by Gasteiger charge is -2.18. The third kappa shape index (κ3) is 4.73. The van der Waals surface area contributed by atoms with Gasteiger partial charge in [-0.2, -0.15) is 4.68 Å². The fourth-order valence-corrected chi connectivity index (χ4v) is 4.51. The summed E-state index contributed by atoms with van der Waals surface area (Å²) in [6.07, 6.45) is 0. The van der Waals surface area contributed by atoms with Gasteiger partial charge in [-0.1, -0.05) is 71.9 Å². The molecule has 4 aromatic rings. The minimum atomic E-state index is -0.522. The molecule has 0 saturated heterocycles. The van der Waals surface area contributed by atoms with E-state index in [0.717, 1.165) is 33.6 Å². The summed E-state index contributed by atoms with van der Waals surface area (Å²) in [5, 5.41) is 15.4. The Morgan fingerprint density at radius 1 is 0.906 bits per heavy atom. The number of thioether (sulfide) groups is 1. The van der Waals surface area contributed by atoms with Crippen LogP contribution < -0.4 is 5.32 Å². The maximum Gasteiger partial charge on any atom is 0.242 e. The molecule has 0 aliphatic rings. The van der Waals surface area contributed by atoms with E-state index >= 15 is 0 Å². The summed E-state index contributed by atoms with van der Waals surface area (Å²) in [5.74, 6) is -0.120. The zero-order chi connectivity index (χ0) is 22.7. The van der Waals surface area contributed by atoms with Gasteiger partial charge in [0, 0.05) is 5.69 Å². The predicted octanol–water partition coefficient (Wildman–Crippen LogP) is 5.37. The van der Waals surface area contributed by atoms with Gasteiger partial charge in [-0.25, -0.2) is 0 Å². The molecular formula is C25H25N5OS. The lowest BCUT2D eigenvalue weighted by Crippen LogP contribution is -2.20. The van der Waals surface area contributed by atoms with Gasteiger partial charge < -0.3 is 5.32 Å². The molecular weight excluding hydrogens is 418 g/mol. The highest BCUT2D eigenvalue weighted by atomic mass is 32.2. The second-order valence-electron chi connectivity index (χ2n) is 7.88. The topological polar surface area (TPSA) is 72.7 Å². The Balaban J connectivity index is 1.68. The van der Waals surface area contributed by atoms with Crippen LogP contribution in [0.5, 0.6) is 0 Å². The molecule has 0 saturated carbocycles. The van der Waals surface area contributed by atoms with E-state index in [-0.39, 0.29) is 5.91 Å². The summed E-state index contributed by atoms with van der Waals surface area (Å²) in [5.41, 5.74) is 6.93. The van der Waals surface area contributed by atoms with Crippen molar-refractivity contribution in [2.45, 2.75) is 38.1 Å². The van der Waals surface area contributed by atoms with Gasteiger partial charge in [0.05, 0.1) is 5.69 Å². The number of nitrogens with one attached hydrogen (secondary N) is 1. The Morgan fingerprint density at radius 3 is 2.38 bits per heavy atom. The Bertz CT molecular complexity index is 1250. The first-order valence-corrected chi connectivity index (χ1v) is 11.3. The summed E-state index contributed by atoms with van der Waals surface area (Å²) in [6, 6.07) is 21.8. The first-order chi connectivity index (χ1) is 15.4. The quantitative estimate of drug-likeness (QED) is 0.406. The van der Waals surface area contributed by atoms with Gasteiger partial charge in [-0.05, 0) is 72.5 Å². The number of carbonyl (C=O) groups is 1. The molecule has 0 aliphatic carbocycles. The summed E-state index contributed by atoms with van der Waals surface area (Å²) in [7, 11) is 0. The molecule has 4 rings (SSSR count). The fraction of sp³-hybridized carbons (Fsp3) is 0.200. The van der Waals surface area contributed by atoms with Crippen LogP contribution in [0.15, 0.2) is 71.9 Å². The molecule has 162 valence electrons. The number of hydrogen-bond donors (Lipinski definition) is 1. The third-order valence-corrected chi connectivity index (χ3v) is 6.42. The molecule has 1 atom stereocenters. The lowest BCUT2D eigenvalue weighted by atomic mass is 10.1. The number of anilines is 1. The molecule has 0 bridgehead atoms. The second kappa shape index (κ2) is 9.36. The van der Waals surface area contributed by atoms with Crippen molar-refractivity contribution in [3.05, 3.63) is 94.5 Å². The van der Waals surface area contributed by atoms with E-state index in [0.29, 0.717) is 5.16 Å². The van der Waals surface area contributed by atoms with E-state index in [9.17, 15) is 4.79 Å². The Kier molecular flexibility index (Phi) is 6.37. The normalized spacial score (nSPS) is 11.9. The summed E-state index contributed by atoms with van der Waals surface area (Å²) in [4.78, 5) is 13.5. The van der Waals surface area contributed by atoms with Crippen LogP contribution in [0.4, 0.5) is 5.69 Å². The van der Waals surface area contributed by atoms with E-state index < -0.39 is 5.25 Å². The molecule has 0 aliphatic heterocycles. The molecule has 7 heteroatoms. The van der Waals surface area contributed by atoms with Crippen LogP contribution in [0.2, 0.25) is 0 Å². The molecule has 1 unspecified atom stereocenters. The maximum atomic E-state index is 13.5. The molecule has 1 amide bonds. The average molecular weight is 444 g/mol. The molecule has 1 N–H and O–H groups in total. The van der Waals surface area contributed by atoms with Crippen molar-refractivity contribution in [1.82, 2.24) is 20.2 Å². The van der Waals surface area contributed by atoms with Crippen molar-refractivity contribution < 1.29 is 4.79 Å². The summed E-state index contributed by atoms with van der Waals surface area (Å²) in [6.45, 7) is 8.08. The molecule has 3 aromatic carbocycles. The Morgan fingerprint density at radius 2 is 1.62 bits per heavy atom. The van der Waals surface area contributed by atoms with E-state index in [2.05, 4.69) is 33.8 Å². The average Bonchev–Trinajstić information content (AvgIpc) is 3.23.